The molecule has 0 bridgehead atoms. The van der Waals surface area contributed by atoms with E-state index in [0.29, 0.717) is 0 Å². The average molecular weight is 274 g/mol. The van der Waals surface area contributed by atoms with Crippen molar-refractivity contribution in [2.24, 2.45) is 0 Å². The van der Waals surface area contributed by atoms with Crippen molar-refractivity contribution in [3.05, 3.63) is 29.2 Å². The van der Waals surface area contributed by atoms with Crippen LogP contribution >= 0.6 is 0 Å². The Morgan fingerprint density at radius 1 is 0.941 bits per heavy atom. The summed E-state index contributed by atoms with van der Waals surface area (Å²) in [7, 11) is 4.76. The van der Waals surface area contributed by atoms with Gasteiger partial charge in [-0.25, -0.2) is 0 Å². The Morgan fingerprint density at radius 2 is 1.53 bits per heavy atom. The molecule has 0 aromatic carbocycles. The van der Waals surface area contributed by atoms with Crippen molar-refractivity contribution in [3.8, 4) is 0 Å². The minimum atomic E-state index is -1.90. The Hall–Kier alpha value is 0.0743. The van der Waals surface area contributed by atoms with E-state index in [1.807, 2.05) is 0 Å². The second-order valence-corrected chi connectivity index (χ2v) is 6.78. The fourth-order valence-electron chi connectivity index (χ4n) is 2.14. The van der Waals surface area contributed by atoms with Crippen LogP contribution < -0.4 is 0 Å². The molecule has 2 aliphatic rings. The van der Waals surface area contributed by atoms with Gasteiger partial charge in [-0.2, -0.15) is 0 Å². The van der Waals surface area contributed by atoms with E-state index in [-0.39, 0.29) is 0 Å². The van der Waals surface area contributed by atoms with Crippen molar-refractivity contribution in [2.75, 3.05) is 21.3 Å². The molecule has 2 aliphatic carbocycles. The summed E-state index contributed by atoms with van der Waals surface area (Å²) in [4.78, 5) is 0. The zero-order chi connectivity index (χ0) is 12.7. The first-order chi connectivity index (χ1) is 8.22. The molecule has 0 heterocycles. The van der Waals surface area contributed by atoms with Crippen LogP contribution in [0.4, 0.5) is 0 Å². The first-order valence-electron chi connectivity index (χ1n) is 5.95. The van der Waals surface area contributed by atoms with Crippen molar-refractivity contribution in [1.29, 1.82) is 0 Å². The first-order valence-corrected chi connectivity index (χ1v) is 7.87. The van der Waals surface area contributed by atoms with Crippen LogP contribution in [0.5, 0.6) is 0 Å². The van der Waals surface area contributed by atoms with Crippen LogP contribution in [0, 0.1) is 5.92 Å². The Bertz CT molecular complexity index is 277. The van der Waals surface area contributed by atoms with E-state index in [4.69, 9.17) is 9.96 Å². The molecule has 0 N–H and O–H groups in total. The summed E-state index contributed by atoms with van der Waals surface area (Å²) in [5.74, 6) is 1.51. The fourth-order valence-corrected chi connectivity index (χ4v) is 2.92. The molecule has 0 aliphatic heterocycles. The van der Waals surface area contributed by atoms with Crippen LogP contribution in [-0.4, -0.2) is 21.3 Å². The summed E-state index contributed by atoms with van der Waals surface area (Å²) < 4.78 is 14.3. The van der Waals surface area contributed by atoms with Crippen molar-refractivity contribution >= 4 is 0 Å². The van der Waals surface area contributed by atoms with Crippen LogP contribution in [0.1, 0.15) is 32.6 Å². The normalized spacial score (nSPS) is 18.8. The third-order valence-electron chi connectivity index (χ3n) is 3.02. The second kappa shape index (κ2) is 8.22. The summed E-state index contributed by atoms with van der Waals surface area (Å²) >= 11 is -1.90. The fraction of sp³-hybridized carbons (Fsp3) is 0.615. The van der Waals surface area contributed by atoms with Gasteiger partial charge in [0.05, 0.1) is 0 Å². The Labute approximate surface area is 112 Å². The van der Waals surface area contributed by atoms with Gasteiger partial charge in [-0.15, -0.1) is 0 Å². The summed E-state index contributed by atoms with van der Waals surface area (Å²) in [6, 6.07) is 0. The van der Waals surface area contributed by atoms with Gasteiger partial charge in [0.1, 0.15) is 0 Å². The topological polar surface area (TPSA) is 27.7 Å². The van der Waals surface area contributed by atoms with Crippen LogP contribution in [0.25, 0.3) is 0 Å². The zero-order valence-electron chi connectivity index (χ0n) is 11.2. The summed E-state index contributed by atoms with van der Waals surface area (Å²) in [6.45, 7) is 2.23. The van der Waals surface area contributed by atoms with Crippen LogP contribution in [-0.2, 0) is 29.0 Å². The quantitative estimate of drug-likeness (QED) is 0.739. The number of hydrogen-bond donors (Lipinski definition) is 0. The third-order valence-corrected chi connectivity index (χ3v) is 4.58. The molecule has 0 spiro atoms. The number of rotatable bonds is 3. The average Bonchev–Trinajstić information content (AvgIpc) is 2.75. The standard InChI is InChI=1S/C10H13.3CH3O.Ti/c1-8-6-7-9-4-2-3-5-10(8)9;3*1-2;/h6-7H,2-5H2,1H3;3*1H3;/q;3*-1;+3. The van der Waals surface area contributed by atoms with Gasteiger partial charge in [0, 0.05) is 5.92 Å². The minimum absolute atomic E-state index is 1.32. The van der Waals surface area contributed by atoms with Gasteiger partial charge in [-0.05, 0) is 31.3 Å². The van der Waals surface area contributed by atoms with Crippen LogP contribution in [0.3, 0.4) is 0 Å². The molecular formula is C13H22O3Ti. The monoisotopic (exact) mass is 274 g/mol. The van der Waals surface area contributed by atoms with Crippen molar-refractivity contribution in [2.45, 2.75) is 32.6 Å². The van der Waals surface area contributed by atoms with E-state index >= 15 is 0 Å². The predicted octanol–water partition coefficient (Wildman–Crippen LogP) is 3.31. The van der Waals surface area contributed by atoms with Gasteiger partial charge in [-0.3, -0.25) is 0 Å². The number of hydrogen-bond acceptors (Lipinski definition) is 3. The van der Waals surface area contributed by atoms with E-state index in [0.717, 1.165) is 0 Å². The summed E-state index contributed by atoms with van der Waals surface area (Å²) in [5.41, 5.74) is 3.26. The molecule has 0 aromatic rings. The zero-order valence-corrected chi connectivity index (χ0v) is 12.8. The van der Waals surface area contributed by atoms with Gasteiger partial charge in [0.25, 0.3) is 0 Å². The molecule has 0 fully saturated rings. The molecule has 17 heavy (non-hydrogen) atoms. The van der Waals surface area contributed by atoms with Crippen molar-refractivity contribution < 1.29 is 29.0 Å². The van der Waals surface area contributed by atoms with E-state index in [9.17, 15) is 0 Å². The molecule has 96 valence electrons. The second-order valence-electron chi connectivity index (χ2n) is 4.09. The Balaban J connectivity index is 0.000000185. The van der Waals surface area contributed by atoms with E-state index in [1.54, 1.807) is 32.5 Å². The molecule has 4 heteroatoms. The van der Waals surface area contributed by atoms with E-state index in [2.05, 4.69) is 19.1 Å². The third kappa shape index (κ3) is 4.68. The van der Waals surface area contributed by atoms with E-state index in [1.165, 1.54) is 31.6 Å². The maximum absolute atomic E-state index is 4.77. The van der Waals surface area contributed by atoms with Crippen molar-refractivity contribution in [3.63, 3.8) is 0 Å². The molecule has 0 aromatic heterocycles. The summed E-state index contributed by atoms with van der Waals surface area (Å²) in [6.07, 6.45) is 10.0. The molecule has 0 saturated carbocycles. The first kappa shape index (κ1) is 15.1. The van der Waals surface area contributed by atoms with Crippen LogP contribution in [0.15, 0.2) is 23.3 Å². The molecule has 0 atom stereocenters. The predicted molar refractivity (Wildman–Crippen MR) is 64.6 cm³/mol. The van der Waals surface area contributed by atoms with E-state index < -0.39 is 19.0 Å². The molecule has 0 amide bonds. The molecule has 1 radical (unpaired) electrons. The van der Waals surface area contributed by atoms with Gasteiger partial charge in [0.2, 0.25) is 0 Å². The van der Waals surface area contributed by atoms with Crippen molar-refractivity contribution in [1.82, 2.24) is 0 Å². The Morgan fingerprint density at radius 3 is 2.00 bits per heavy atom. The number of allylic oxidation sites excluding steroid dienone is 4. The van der Waals surface area contributed by atoms with Gasteiger partial charge in [-0.1, -0.05) is 24.6 Å². The van der Waals surface area contributed by atoms with Crippen LogP contribution in [0.2, 0.25) is 0 Å². The maximum atomic E-state index is 4.77. The molecule has 3 nitrogen and oxygen atoms in total. The molecule has 2 rings (SSSR count). The molecule has 0 unspecified atom stereocenters. The SMILES string of the molecule is C[C]1C=CC2=C1CCCC2.C[O][Ti]([O]C)[O]C. The van der Waals surface area contributed by atoms with Gasteiger partial charge >= 0.3 is 50.3 Å². The Kier molecular flexibility index (Phi) is 7.32. The van der Waals surface area contributed by atoms with Gasteiger partial charge in [0.15, 0.2) is 0 Å². The molecule has 0 saturated heterocycles. The summed E-state index contributed by atoms with van der Waals surface area (Å²) in [5, 5.41) is 0. The van der Waals surface area contributed by atoms with Gasteiger partial charge < -0.3 is 0 Å². The molecular weight excluding hydrogens is 252 g/mol.